The van der Waals surface area contributed by atoms with E-state index in [0.29, 0.717) is 19.6 Å². The van der Waals surface area contributed by atoms with E-state index < -0.39 is 0 Å². The minimum atomic E-state index is -0.162. The van der Waals surface area contributed by atoms with Crippen molar-refractivity contribution in [3.63, 3.8) is 0 Å². The molecule has 5 nitrogen and oxygen atoms in total. The van der Waals surface area contributed by atoms with E-state index in [9.17, 15) is 4.79 Å². The molecule has 0 aliphatic rings. The number of aromatic nitrogens is 2. The molecular weight excluding hydrogens is 518 g/mol. The van der Waals surface area contributed by atoms with Gasteiger partial charge >= 0.3 is 0 Å². The Morgan fingerprint density at radius 2 is 1.48 bits per heavy atom. The molecule has 0 spiro atoms. The second kappa shape index (κ2) is 13.0. The molecule has 2 heterocycles. The number of fused-ring (bicyclic) bond motifs is 1. The predicted octanol–water partition coefficient (Wildman–Crippen LogP) is 7.50. The fraction of sp³-hybridized carbons (Fsp3) is 0.135. The maximum Gasteiger partial charge on any atom is 0.221 e. The lowest BCUT2D eigenvalue weighted by Crippen LogP contribution is -2.25. The Morgan fingerprint density at radius 1 is 0.762 bits per heavy atom. The van der Waals surface area contributed by atoms with Gasteiger partial charge < -0.3 is 14.6 Å². The molecule has 0 fully saturated rings. The van der Waals surface area contributed by atoms with Gasteiger partial charge in [-0.15, -0.1) is 0 Å². The number of ether oxygens (including phenoxy) is 1. The Hall–Kier alpha value is -5.16. The molecule has 1 N–H and O–H groups in total. The predicted molar refractivity (Wildman–Crippen MR) is 167 cm³/mol. The summed E-state index contributed by atoms with van der Waals surface area (Å²) in [5.74, 6) is 0.614. The number of para-hydroxylation sites is 1. The van der Waals surface area contributed by atoms with Crippen molar-refractivity contribution < 1.29 is 9.53 Å². The fourth-order valence-corrected chi connectivity index (χ4v) is 5.39. The highest BCUT2D eigenvalue weighted by Gasteiger charge is 2.23. The van der Waals surface area contributed by atoms with Crippen LogP contribution in [0.25, 0.3) is 10.9 Å². The third-order valence-electron chi connectivity index (χ3n) is 7.53. The second-order valence-electron chi connectivity index (χ2n) is 10.5. The van der Waals surface area contributed by atoms with Gasteiger partial charge in [0.15, 0.2) is 0 Å². The van der Waals surface area contributed by atoms with Crippen LogP contribution >= 0.6 is 0 Å². The molecule has 0 aliphatic carbocycles. The van der Waals surface area contributed by atoms with Crippen molar-refractivity contribution in [3.8, 4) is 5.75 Å². The number of hydrogen-bond donors (Lipinski definition) is 1. The van der Waals surface area contributed by atoms with E-state index in [4.69, 9.17) is 4.74 Å². The SMILES string of the molecule is O=C(C[C@H](c1cccc(OCc2ccccc2)c1)c1cn(Cc2ccccc2)c2ccccc12)NCc1ccncc1. The summed E-state index contributed by atoms with van der Waals surface area (Å²) in [4.78, 5) is 17.5. The molecule has 208 valence electrons. The molecule has 0 saturated heterocycles. The third-order valence-corrected chi connectivity index (χ3v) is 7.53. The van der Waals surface area contributed by atoms with Crippen LogP contribution < -0.4 is 10.1 Å². The third kappa shape index (κ3) is 6.58. The summed E-state index contributed by atoms with van der Waals surface area (Å²) >= 11 is 0. The Kier molecular flexibility index (Phi) is 8.37. The zero-order chi connectivity index (χ0) is 28.6. The van der Waals surface area contributed by atoms with Gasteiger partial charge in [-0.25, -0.2) is 0 Å². The Bertz CT molecular complexity index is 1750. The van der Waals surface area contributed by atoms with Crippen LogP contribution in [0.4, 0.5) is 0 Å². The van der Waals surface area contributed by atoms with Crippen molar-refractivity contribution >= 4 is 16.8 Å². The lowest BCUT2D eigenvalue weighted by atomic mass is 9.88. The van der Waals surface area contributed by atoms with Crippen molar-refractivity contribution in [2.24, 2.45) is 0 Å². The molecule has 42 heavy (non-hydrogen) atoms. The van der Waals surface area contributed by atoms with Crippen LogP contribution in [0.3, 0.4) is 0 Å². The summed E-state index contributed by atoms with van der Waals surface area (Å²) in [5.41, 5.74) is 6.68. The average molecular weight is 552 g/mol. The average Bonchev–Trinajstić information content (AvgIpc) is 3.41. The molecule has 0 unspecified atom stereocenters. The minimum Gasteiger partial charge on any atom is -0.489 e. The molecule has 6 rings (SSSR count). The largest absolute Gasteiger partial charge is 0.489 e. The second-order valence-corrected chi connectivity index (χ2v) is 10.5. The van der Waals surface area contributed by atoms with Crippen LogP contribution in [0.2, 0.25) is 0 Å². The van der Waals surface area contributed by atoms with Gasteiger partial charge in [-0.1, -0.05) is 91.0 Å². The summed E-state index contributed by atoms with van der Waals surface area (Å²) in [6.45, 7) is 1.70. The maximum atomic E-state index is 13.4. The molecule has 0 radical (unpaired) electrons. The van der Waals surface area contributed by atoms with Gasteiger partial charge in [0.1, 0.15) is 12.4 Å². The van der Waals surface area contributed by atoms with Crippen molar-refractivity contribution in [1.29, 1.82) is 0 Å². The number of hydrogen-bond acceptors (Lipinski definition) is 3. The summed E-state index contributed by atoms with van der Waals surface area (Å²) in [6, 6.07) is 41.1. The molecule has 5 heteroatoms. The maximum absolute atomic E-state index is 13.4. The van der Waals surface area contributed by atoms with E-state index in [0.717, 1.165) is 45.5 Å². The van der Waals surface area contributed by atoms with E-state index in [1.54, 1.807) is 12.4 Å². The first-order valence-electron chi connectivity index (χ1n) is 14.3. The number of carbonyl (C=O) groups is 1. The number of nitrogens with one attached hydrogen (secondary N) is 1. The lowest BCUT2D eigenvalue weighted by Gasteiger charge is -2.18. The van der Waals surface area contributed by atoms with Crippen molar-refractivity contribution in [1.82, 2.24) is 14.9 Å². The number of nitrogens with zero attached hydrogens (tertiary/aromatic N) is 2. The zero-order valence-corrected chi connectivity index (χ0v) is 23.4. The van der Waals surface area contributed by atoms with E-state index in [-0.39, 0.29) is 11.8 Å². The number of pyridine rings is 1. The zero-order valence-electron chi connectivity index (χ0n) is 23.4. The van der Waals surface area contributed by atoms with Crippen LogP contribution in [0.15, 0.2) is 140 Å². The first kappa shape index (κ1) is 27.0. The van der Waals surface area contributed by atoms with E-state index in [1.807, 2.05) is 48.5 Å². The number of benzene rings is 4. The van der Waals surface area contributed by atoms with Gasteiger partial charge in [0.05, 0.1) is 0 Å². The highest BCUT2D eigenvalue weighted by Crippen LogP contribution is 2.36. The number of rotatable bonds is 11. The first-order valence-corrected chi connectivity index (χ1v) is 14.3. The molecule has 1 amide bonds. The Balaban J connectivity index is 1.33. The van der Waals surface area contributed by atoms with Crippen molar-refractivity contribution in [2.45, 2.75) is 32.0 Å². The quantitative estimate of drug-likeness (QED) is 0.181. The van der Waals surface area contributed by atoms with Crippen LogP contribution in [-0.4, -0.2) is 15.5 Å². The molecular formula is C37H33N3O2. The van der Waals surface area contributed by atoms with E-state index >= 15 is 0 Å². The van der Waals surface area contributed by atoms with Gasteiger partial charge in [-0.2, -0.15) is 0 Å². The summed E-state index contributed by atoms with van der Waals surface area (Å²) < 4.78 is 8.48. The molecule has 2 aromatic heterocycles. The molecule has 0 bridgehead atoms. The molecule has 0 saturated carbocycles. The van der Waals surface area contributed by atoms with Gasteiger partial charge in [0.25, 0.3) is 0 Å². The Labute approximate surface area is 246 Å². The first-order chi connectivity index (χ1) is 20.7. The minimum absolute atomic E-state index is 0.00712. The lowest BCUT2D eigenvalue weighted by molar-refractivity contribution is -0.121. The number of carbonyl (C=O) groups excluding carboxylic acids is 1. The molecule has 6 aromatic rings. The van der Waals surface area contributed by atoms with Gasteiger partial charge in [-0.3, -0.25) is 9.78 Å². The summed E-state index contributed by atoms with van der Waals surface area (Å²) in [5, 5.41) is 4.27. The van der Waals surface area contributed by atoms with Crippen LogP contribution in [0.5, 0.6) is 5.75 Å². The van der Waals surface area contributed by atoms with Crippen molar-refractivity contribution in [3.05, 3.63) is 168 Å². The molecule has 1 atom stereocenters. The summed E-state index contributed by atoms with van der Waals surface area (Å²) in [7, 11) is 0. The van der Waals surface area contributed by atoms with Crippen LogP contribution in [-0.2, 0) is 24.5 Å². The van der Waals surface area contributed by atoms with Gasteiger partial charge in [-0.05, 0) is 58.1 Å². The Morgan fingerprint density at radius 3 is 2.26 bits per heavy atom. The standard InChI is InChI=1S/C37H33N3O2/c41-37(39-24-28-18-20-38-21-19-28)23-34(31-14-9-15-32(22-31)42-27-30-12-5-2-6-13-30)35-26-40(25-29-10-3-1-4-11-29)36-17-8-7-16-33(35)36/h1-22,26,34H,23-25,27H2,(H,39,41)/t34-/m1/s1. The highest BCUT2D eigenvalue weighted by molar-refractivity contribution is 5.87. The smallest absolute Gasteiger partial charge is 0.221 e. The fourth-order valence-electron chi connectivity index (χ4n) is 5.39. The van der Waals surface area contributed by atoms with Crippen molar-refractivity contribution in [2.75, 3.05) is 0 Å². The van der Waals surface area contributed by atoms with E-state index in [1.165, 1.54) is 5.56 Å². The summed E-state index contributed by atoms with van der Waals surface area (Å²) in [6.07, 6.45) is 6.02. The monoisotopic (exact) mass is 551 g/mol. The molecule has 0 aliphatic heterocycles. The molecule has 4 aromatic carbocycles. The van der Waals surface area contributed by atoms with E-state index in [2.05, 4.69) is 93.9 Å². The van der Waals surface area contributed by atoms with Gasteiger partial charge in [0.2, 0.25) is 5.91 Å². The number of amides is 1. The topological polar surface area (TPSA) is 56.1 Å². The van der Waals surface area contributed by atoms with Gasteiger partial charge in [0, 0.05) is 54.9 Å². The normalized spacial score (nSPS) is 11.7. The van der Waals surface area contributed by atoms with Crippen LogP contribution in [0, 0.1) is 0 Å². The highest BCUT2D eigenvalue weighted by atomic mass is 16.5. The van der Waals surface area contributed by atoms with Crippen LogP contribution in [0.1, 0.15) is 40.2 Å².